The molecule has 0 saturated heterocycles. The van der Waals surface area contributed by atoms with Crippen LogP contribution in [-0.4, -0.2) is 28.5 Å². The van der Waals surface area contributed by atoms with Gasteiger partial charge in [-0.15, -0.1) is 0 Å². The second kappa shape index (κ2) is 17.9. The molecule has 10 nitrogen and oxygen atoms in total. The van der Waals surface area contributed by atoms with Gasteiger partial charge in [0.05, 0.1) is 33.8 Å². The number of ether oxygens (including phenoxy) is 2. The summed E-state index contributed by atoms with van der Waals surface area (Å²) in [5, 5.41) is 13.5. The fourth-order valence-corrected chi connectivity index (χ4v) is 6.15. The largest absolute Gasteiger partial charge is 1.00 e. The van der Waals surface area contributed by atoms with Crippen molar-refractivity contribution in [2.45, 2.75) is 41.4 Å². The van der Waals surface area contributed by atoms with Crippen molar-refractivity contribution in [1.82, 2.24) is 0 Å². The number of benzene rings is 4. The van der Waals surface area contributed by atoms with Crippen LogP contribution in [0.2, 0.25) is 0 Å². The summed E-state index contributed by atoms with van der Waals surface area (Å²) in [6, 6.07) is 21.0. The van der Waals surface area contributed by atoms with Crippen molar-refractivity contribution in [3.8, 4) is 28.4 Å². The van der Waals surface area contributed by atoms with Crippen molar-refractivity contribution in [2.75, 3.05) is 7.11 Å². The summed E-state index contributed by atoms with van der Waals surface area (Å²) < 4.78 is 77.8. The average Bonchev–Trinajstić information content (AvgIpc) is 2.92. The Morgan fingerprint density at radius 3 is 1.74 bits per heavy atom. The van der Waals surface area contributed by atoms with E-state index in [9.17, 15) is 26.6 Å². The summed E-state index contributed by atoms with van der Waals surface area (Å²) in [6.07, 6.45) is 0. The van der Waals surface area contributed by atoms with Crippen molar-refractivity contribution >= 4 is 32.0 Å². The summed E-state index contributed by atoms with van der Waals surface area (Å²) in [5.41, 5.74) is 2.36. The van der Waals surface area contributed by atoms with Gasteiger partial charge in [-0.1, -0.05) is 45.2 Å². The molecule has 0 atom stereocenters. The van der Waals surface area contributed by atoms with Gasteiger partial charge in [0.15, 0.2) is 0 Å². The van der Waals surface area contributed by atoms with E-state index in [1.54, 1.807) is 38.3 Å². The first-order valence-corrected chi connectivity index (χ1v) is 14.7. The van der Waals surface area contributed by atoms with Crippen molar-refractivity contribution in [2.24, 2.45) is 0 Å². The standard InChI is InChI=1S/C26H22O10S3.2CH4.2Na/c1-17-3-12-22(15-25(17)37-36-35-27)38(28,29)23-13-14-24(26(16-23)39(30,31)32)34-21-10-6-19(7-11-21)18-4-8-20(33-2)9-5-18;;;;/h3-16,27H,1-2H3,(H,30,31,32);2*1H4;;/q;;;2*+1/p-2. The summed E-state index contributed by atoms with van der Waals surface area (Å²) >= 11 is 0.514. The predicted octanol–water partition coefficient (Wildman–Crippen LogP) is -0.289. The van der Waals surface area contributed by atoms with E-state index in [0.29, 0.717) is 23.4 Å². The molecule has 220 valence electrons. The smallest absolute Gasteiger partial charge is 0.744 e. The van der Waals surface area contributed by atoms with E-state index in [2.05, 4.69) is 9.37 Å². The Hall–Kier alpha value is -1.43. The van der Waals surface area contributed by atoms with Gasteiger partial charge >= 0.3 is 59.1 Å². The van der Waals surface area contributed by atoms with Crippen LogP contribution in [0.3, 0.4) is 0 Å². The van der Waals surface area contributed by atoms with Crippen LogP contribution < -0.4 is 73.8 Å². The molecular formula is C28H28Na2O10S3. The predicted molar refractivity (Wildman–Crippen MR) is 151 cm³/mol. The Kier molecular flexibility index (Phi) is 17.3. The van der Waals surface area contributed by atoms with Crippen LogP contribution in [-0.2, 0) is 29.3 Å². The van der Waals surface area contributed by atoms with E-state index in [1.807, 2.05) is 24.3 Å². The molecule has 0 N–H and O–H groups in total. The minimum absolute atomic E-state index is 0. The Labute approximate surface area is 301 Å². The monoisotopic (exact) mass is 666 g/mol. The Balaban J connectivity index is 0.00000441. The summed E-state index contributed by atoms with van der Waals surface area (Å²) in [5.74, 6) is 0.607. The topological polar surface area (TPSA) is 151 Å². The molecule has 0 aliphatic rings. The van der Waals surface area contributed by atoms with Gasteiger partial charge < -0.3 is 19.3 Å². The zero-order valence-electron chi connectivity index (χ0n) is 22.4. The van der Waals surface area contributed by atoms with Crippen LogP contribution in [0.25, 0.3) is 11.1 Å². The maximum Gasteiger partial charge on any atom is 1.00 e. The molecule has 0 aliphatic carbocycles. The first-order chi connectivity index (χ1) is 18.5. The molecule has 4 aromatic rings. The molecule has 0 aliphatic heterocycles. The van der Waals surface area contributed by atoms with Gasteiger partial charge in [0.2, 0.25) is 9.84 Å². The molecule has 0 amide bonds. The number of hydrogen-bond donors (Lipinski definition) is 0. The van der Waals surface area contributed by atoms with Crippen LogP contribution in [0.1, 0.15) is 20.4 Å². The first-order valence-electron chi connectivity index (χ1n) is 11.0. The quantitative estimate of drug-likeness (QED) is 0.0722. The summed E-state index contributed by atoms with van der Waals surface area (Å²) in [7, 11) is -7.83. The van der Waals surface area contributed by atoms with Gasteiger partial charge in [-0.05, 0) is 78.2 Å². The molecule has 0 aromatic heterocycles. The minimum atomic E-state index is -5.13. The van der Waals surface area contributed by atoms with Gasteiger partial charge in [0.25, 0.3) is 0 Å². The van der Waals surface area contributed by atoms with Crippen molar-refractivity contribution in [3.05, 3.63) is 90.5 Å². The van der Waals surface area contributed by atoms with Crippen LogP contribution in [0.15, 0.2) is 105 Å². The van der Waals surface area contributed by atoms with Crippen LogP contribution >= 0.6 is 12.0 Å². The molecule has 0 heterocycles. The molecule has 0 fully saturated rings. The zero-order valence-corrected chi connectivity index (χ0v) is 28.8. The van der Waals surface area contributed by atoms with E-state index >= 15 is 0 Å². The third kappa shape index (κ3) is 10.3. The van der Waals surface area contributed by atoms with E-state index in [4.69, 9.17) is 9.47 Å². The molecule has 4 aromatic carbocycles. The SMILES string of the molecule is C.C.COc1ccc(-c2ccc(Oc3ccc(S(=O)(=O)c4ccc(C)c(SOO[O-])c4)cc3S(=O)(=O)[O-])cc2)cc1.[Na+].[Na+]. The van der Waals surface area contributed by atoms with Gasteiger partial charge in [-0.2, -0.15) is 4.33 Å². The third-order valence-corrected chi connectivity index (χ3v) is 8.97. The molecule has 0 saturated carbocycles. The van der Waals surface area contributed by atoms with Gasteiger partial charge in [-0.3, -0.25) is 5.04 Å². The zero-order chi connectivity index (χ0) is 28.2. The Morgan fingerprint density at radius 1 is 0.721 bits per heavy atom. The maximum absolute atomic E-state index is 13.2. The van der Waals surface area contributed by atoms with E-state index in [-0.39, 0.29) is 95.3 Å². The van der Waals surface area contributed by atoms with Crippen LogP contribution in [0.4, 0.5) is 0 Å². The van der Waals surface area contributed by atoms with E-state index < -0.39 is 29.7 Å². The number of sulfone groups is 1. The molecule has 0 spiro atoms. The molecule has 0 unspecified atom stereocenters. The molecule has 4 rings (SSSR count). The van der Waals surface area contributed by atoms with E-state index in [1.165, 1.54) is 18.2 Å². The molecule has 15 heteroatoms. The molecule has 0 bridgehead atoms. The number of methoxy groups -OCH3 is 1. The van der Waals surface area contributed by atoms with Gasteiger partial charge in [0.1, 0.15) is 27.4 Å². The van der Waals surface area contributed by atoms with Crippen molar-refractivity contribution in [1.29, 1.82) is 0 Å². The minimum Gasteiger partial charge on any atom is -0.744 e. The fourth-order valence-electron chi connectivity index (χ4n) is 3.59. The molecule has 0 radical (unpaired) electrons. The summed E-state index contributed by atoms with van der Waals surface area (Å²) in [4.78, 5) is -1.23. The molecular weight excluding hydrogens is 638 g/mol. The molecule has 43 heavy (non-hydrogen) atoms. The maximum atomic E-state index is 13.2. The second-order valence-corrected chi connectivity index (χ2v) is 12.1. The van der Waals surface area contributed by atoms with Gasteiger partial charge in [0, 0.05) is 4.90 Å². The summed E-state index contributed by atoms with van der Waals surface area (Å²) in [6.45, 7) is 1.66. The van der Waals surface area contributed by atoms with Crippen molar-refractivity contribution < 1.29 is 105 Å². The number of aryl methyl sites for hydroxylation is 1. The second-order valence-electron chi connectivity index (χ2n) is 8.07. The third-order valence-electron chi connectivity index (χ3n) is 5.62. The normalized spacial score (nSPS) is 10.7. The Morgan fingerprint density at radius 2 is 1.23 bits per heavy atom. The first kappa shape index (κ1) is 41.6. The fraction of sp³-hybridized carbons (Fsp3) is 0.143. The van der Waals surface area contributed by atoms with E-state index in [0.717, 1.165) is 29.3 Å². The van der Waals surface area contributed by atoms with Crippen LogP contribution in [0, 0.1) is 6.92 Å². The Bertz CT molecular complexity index is 1700. The van der Waals surface area contributed by atoms with Gasteiger partial charge in [-0.25, -0.2) is 16.8 Å². The van der Waals surface area contributed by atoms with Crippen LogP contribution in [0.5, 0.6) is 17.2 Å². The van der Waals surface area contributed by atoms with Crippen molar-refractivity contribution in [3.63, 3.8) is 0 Å². The number of rotatable bonds is 10. The number of hydrogen-bond acceptors (Lipinski definition) is 11. The average molecular weight is 667 g/mol.